The molecule has 1 aromatic rings. The number of Topliss-reactive ketones (excluding diaryl/α,β-unsaturated/α-hetero) is 1. The van der Waals surface area contributed by atoms with Crippen molar-refractivity contribution in [2.24, 2.45) is 5.92 Å². The van der Waals surface area contributed by atoms with E-state index in [1.54, 1.807) is 19.9 Å². The third-order valence-corrected chi connectivity index (χ3v) is 3.22. The molecule has 5 nitrogen and oxygen atoms in total. The number of nitro groups is 1. The maximum atomic E-state index is 11.7. The average molecular weight is 265 g/mol. The van der Waals surface area contributed by atoms with E-state index in [2.05, 4.69) is 0 Å². The molecule has 0 heterocycles. The SMILES string of the molecule is CCC(C)C(=O)COc1cc([N+](=O)[O-])c(C)cc1C. The fourth-order valence-corrected chi connectivity index (χ4v) is 1.69. The summed E-state index contributed by atoms with van der Waals surface area (Å²) in [4.78, 5) is 22.1. The standard InChI is InChI=1S/C14H19NO4/c1-5-9(2)13(16)8-19-14-7-12(15(17)18)10(3)6-11(14)4/h6-7,9H,5,8H2,1-4H3. The van der Waals surface area contributed by atoms with Crippen LogP contribution in [0.5, 0.6) is 5.75 Å². The van der Waals surface area contributed by atoms with Gasteiger partial charge < -0.3 is 4.74 Å². The summed E-state index contributed by atoms with van der Waals surface area (Å²) in [5.74, 6) is 0.347. The monoisotopic (exact) mass is 265 g/mol. The predicted molar refractivity (Wildman–Crippen MR) is 72.5 cm³/mol. The molecule has 0 aliphatic rings. The Labute approximate surface area is 112 Å². The second-order valence-electron chi connectivity index (χ2n) is 4.73. The summed E-state index contributed by atoms with van der Waals surface area (Å²) in [5.41, 5.74) is 1.39. The van der Waals surface area contributed by atoms with Gasteiger partial charge in [-0.05, 0) is 31.9 Å². The van der Waals surface area contributed by atoms with Gasteiger partial charge in [0, 0.05) is 11.5 Å². The Hall–Kier alpha value is -1.91. The van der Waals surface area contributed by atoms with Gasteiger partial charge in [0.15, 0.2) is 5.78 Å². The van der Waals surface area contributed by atoms with Crippen molar-refractivity contribution in [3.8, 4) is 5.75 Å². The average Bonchev–Trinajstić information content (AvgIpc) is 2.35. The zero-order valence-corrected chi connectivity index (χ0v) is 11.7. The molecule has 1 atom stereocenters. The summed E-state index contributed by atoms with van der Waals surface area (Å²) >= 11 is 0. The highest BCUT2D eigenvalue weighted by Crippen LogP contribution is 2.28. The molecule has 0 aromatic heterocycles. The van der Waals surface area contributed by atoms with Gasteiger partial charge in [-0.15, -0.1) is 0 Å². The second-order valence-corrected chi connectivity index (χ2v) is 4.73. The fourth-order valence-electron chi connectivity index (χ4n) is 1.69. The van der Waals surface area contributed by atoms with Crippen molar-refractivity contribution in [2.75, 3.05) is 6.61 Å². The van der Waals surface area contributed by atoms with Crippen LogP contribution in [-0.4, -0.2) is 17.3 Å². The maximum Gasteiger partial charge on any atom is 0.276 e. The van der Waals surface area contributed by atoms with Crippen LogP contribution in [0.4, 0.5) is 5.69 Å². The molecular formula is C14H19NO4. The molecular weight excluding hydrogens is 246 g/mol. The van der Waals surface area contributed by atoms with Crippen LogP contribution >= 0.6 is 0 Å². The highest BCUT2D eigenvalue weighted by Gasteiger charge is 2.16. The van der Waals surface area contributed by atoms with E-state index in [9.17, 15) is 14.9 Å². The van der Waals surface area contributed by atoms with Crippen molar-refractivity contribution in [3.05, 3.63) is 33.4 Å². The van der Waals surface area contributed by atoms with Gasteiger partial charge in [-0.1, -0.05) is 13.8 Å². The molecule has 1 aromatic carbocycles. The number of carbonyl (C=O) groups is 1. The molecule has 0 fully saturated rings. The Morgan fingerprint density at radius 1 is 1.37 bits per heavy atom. The van der Waals surface area contributed by atoms with Gasteiger partial charge in [-0.3, -0.25) is 14.9 Å². The Kier molecular flexibility index (Phi) is 5.03. The van der Waals surface area contributed by atoms with E-state index in [4.69, 9.17) is 4.74 Å². The Morgan fingerprint density at radius 3 is 2.53 bits per heavy atom. The number of carbonyl (C=O) groups excluding carboxylic acids is 1. The lowest BCUT2D eigenvalue weighted by molar-refractivity contribution is -0.385. The second kappa shape index (κ2) is 6.31. The minimum Gasteiger partial charge on any atom is -0.485 e. The fraction of sp³-hybridized carbons (Fsp3) is 0.500. The van der Waals surface area contributed by atoms with E-state index >= 15 is 0 Å². The minimum absolute atomic E-state index is 0.00475. The van der Waals surface area contributed by atoms with Gasteiger partial charge in [-0.25, -0.2) is 0 Å². The van der Waals surface area contributed by atoms with Crippen LogP contribution in [0.3, 0.4) is 0 Å². The molecule has 0 bridgehead atoms. The lowest BCUT2D eigenvalue weighted by atomic mass is 10.0. The number of ketones is 1. The molecule has 19 heavy (non-hydrogen) atoms. The molecule has 0 saturated heterocycles. The van der Waals surface area contributed by atoms with Crippen LogP contribution in [0.1, 0.15) is 31.4 Å². The summed E-state index contributed by atoms with van der Waals surface area (Å²) in [5, 5.41) is 10.9. The molecule has 0 N–H and O–H groups in total. The molecule has 1 unspecified atom stereocenters. The van der Waals surface area contributed by atoms with Gasteiger partial charge in [0.25, 0.3) is 5.69 Å². The number of benzene rings is 1. The third kappa shape index (κ3) is 3.77. The van der Waals surface area contributed by atoms with Crippen LogP contribution in [0, 0.1) is 29.9 Å². The Bertz CT molecular complexity index is 496. The molecule has 104 valence electrons. The van der Waals surface area contributed by atoms with Crippen molar-refractivity contribution >= 4 is 11.5 Å². The first-order valence-electron chi connectivity index (χ1n) is 6.28. The molecule has 0 amide bonds. The summed E-state index contributed by atoms with van der Waals surface area (Å²) in [6.45, 7) is 7.22. The normalized spacial score (nSPS) is 12.0. The van der Waals surface area contributed by atoms with Crippen molar-refractivity contribution in [1.82, 2.24) is 0 Å². The first-order chi connectivity index (χ1) is 8.86. The molecule has 0 saturated carbocycles. The Morgan fingerprint density at radius 2 is 2.00 bits per heavy atom. The van der Waals surface area contributed by atoms with Crippen molar-refractivity contribution in [1.29, 1.82) is 0 Å². The van der Waals surface area contributed by atoms with Gasteiger partial charge in [0.05, 0.1) is 11.0 Å². The number of hydrogen-bond donors (Lipinski definition) is 0. The number of hydrogen-bond acceptors (Lipinski definition) is 4. The summed E-state index contributed by atoms with van der Waals surface area (Å²) in [6.07, 6.45) is 0.759. The number of nitro benzene ring substituents is 1. The quantitative estimate of drug-likeness (QED) is 0.585. The highest BCUT2D eigenvalue weighted by atomic mass is 16.6. The molecule has 0 aliphatic heterocycles. The third-order valence-electron chi connectivity index (χ3n) is 3.22. The first-order valence-corrected chi connectivity index (χ1v) is 6.28. The van der Waals surface area contributed by atoms with E-state index in [-0.39, 0.29) is 24.0 Å². The largest absolute Gasteiger partial charge is 0.485 e. The summed E-state index contributed by atoms with van der Waals surface area (Å²) in [7, 11) is 0. The maximum absolute atomic E-state index is 11.7. The minimum atomic E-state index is -0.446. The van der Waals surface area contributed by atoms with E-state index in [1.807, 2.05) is 13.8 Å². The number of nitrogens with zero attached hydrogens (tertiary/aromatic N) is 1. The number of rotatable bonds is 6. The van der Waals surface area contributed by atoms with Gasteiger partial charge in [0.2, 0.25) is 0 Å². The van der Waals surface area contributed by atoms with Crippen molar-refractivity contribution < 1.29 is 14.5 Å². The summed E-state index contributed by atoms with van der Waals surface area (Å²) < 4.78 is 5.41. The number of aryl methyl sites for hydroxylation is 2. The first kappa shape index (κ1) is 15.1. The van der Waals surface area contributed by atoms with Crippen LogP contribution < -0.4 is 4.74 Å². The van der Waals surface area contributed by atoms with E-state index in [0.717, 1.165) is 12.0 Å². The summed E-state index contributed by atoms with van der Waals surface area (Å²) in [6, 6.07) is 3.08. The van der Waals surface area contributed by atoms with Gasteiger partial charge in [0.1, 0.15) is 12.4 Å². The molecule has 0 radical (unpaired) electrons. The molecule has 0 spiro atoms. The van der Waals surface area contributed by atoms with Crippen LogP contribution in [0.15, 0.2) is 12.1 Å². The molecule has 5 heteroatoms. The lowest BCUT2D eigenvalue weighted by Gasteiger charge is -2.12. The van der Waals surface area contributed by atoms with Crippen LogP contribution in [0.2, 0.25) is 0 Å². The lowest BCUT2D eigenvalue weighted by Crippen LogP contribution is -2.19. The smallest absolute Gasteiger partial charge is 0.276 e. The number of ether oxygens (including phenoxy) is 1. The van der Waals surface area contributed by atoms with Crippen LogP contribution in [-0.2, 0) is 4.79 Å². The van der Waals surface area contributed by atoms with Crippen molar-refractivity contribution in [2.45, 2.75) is 34.1 Å². The topological polar surface area (TPSA) is 69.4 Å². The van der Waals surface area contributed by atoms with Gasteiger partial charge >= 0.3 is 0 Å². The van der Waals surface area contributed by atoms with E-state index in [0.29, 0.717) is 11.3 Å². The van der Waals surface area contributed by atoms with E-state index < -0.39 is 4.92 Å². The zero-order valence-electron chi connectivity index (χ0n) is 11.7. The van der Waals surface area contributed by atoms with E-state index in [1.165, 1.54) is 6.07 Å². The van der Waals surface area contributed by atoms with Gasteiger partial charge in [-0.2, -0.15) is 0 Å². The Balaban J connectivity index is 2.87. The zero-order chi connectivity index (χ0) is 14.6. The van der Waals surface area contributed by atoms with Crippen LogP contribution in [0.25, 0.3) is 0 Å². The van der Waals surface area contributed by atoms with Crippen molar-refractivity contribution in [3.63, 3.8) is 0 Å². The highest BCUT2D eigenvalue weighted by molar-refractivity contribution is 5.82. The molecule has 0 aliphatic carbocycles. The predicted octanol–water partition coefficient (Wildman–Crippen LogP) is 3.21. The molecule has 1 rings (SSSR count).